The van der Waals surface area contributed by atoms with E-state index in [1.54, 1.807) is 0 Å². The molecule has 0 spiro atoms. The summed E-state index contributed by atoms with van der Waals surface area (Å²) in [4.78, 5) is 16.6. The average Bonchev–Trinajstić information content (AvgIpc) is 3.27. The Labute approximate surface area is 259 Å². The first kappa shape index (κ1) is 30.6. The Morgan fingerprint density at radius 1 is 0.950 bits per heavy atom. The SMILES string of the molecule is CCC(CC)C(=O)/C=C(\O)C(CC)CC.[Ir].[c-]1ccc2sc3cccc4[se]c5c6ccccc6cnc5c1c2c34. The Kier molecular flexibility index (Phi) is 10.4. The second kappa shape index (κ2) is 13.6. The molecule has 6 heteroatoms. The van der Waals surface area contributed by atoms with Gasteiger partial charge >= 0.3 is 148 Å². The van der Waals surface area contributed by atoms with Crippen molar-refractivity contribution >= 4 is 82.0 Å². The van der Waals surface area contributed by atoms with E-state index in [0.717, 1.165) is 31.2 Å². The molecule has 3 aromatic heterocycles. The van der Waals surface area contributed by atoms with Crippen molar-refractivity contribution < 1.29 is 30.0 Å². The molecule has 0 saturated heterocycles. The van der Waals surface area contributed by atoms with E-state index in [2.05, 4.69) is 54.6 Å². The van der Waals surface area contributed by atoms with Crippen LogP contribution in [0.25, 0.3) is 50.4 Å². The third kappa shape index (κ3) is 5.84. The monoisotopic (exact) mass is 793 g/mol. The van der Waals surface area contributed by atoms with Gasteiger partial charge in [0.05, 0.1) is 5.76 Å². The zero-order valence-corrected chi connectivity index (χ0v) is 28.2. The molecule has 0 saturated carbocycles. The van der Waals surface area contributed by atoms with Crippen molar-refractivity contribution in [3.8, 4) is 0 Å². The summed E-state index contributed by atoms with van der Waals surface area (Å²) >= 11 is 2.12. The normalized spacial score (nSPS) is 12.0. The van der Waals surface area contributed by atoms with Crippen molar-refractivity contribution in [3.05, 3.63) is 78.7 Å². The maximum atomic E-state index is 11.7. The average molecular weight is 792 g/mol. The zero-order chi connectivity index (χ0) is 27.5. The number of hydrogen-bond donors (Lipinski definition) is 1. The fourth-order valence-electron chi connectivity index (χ4n) is 5.35. The number of aliphatic hydroxyl groups is 1. The van der Waals surface area contributed by atoms with Gasteiger partial charge in [-0.3, -0.25) is 4.79 Å². The molecule has 0 bridgehead atoms. The van der Waals surface area contributed by atoms with E-state index in [0.29, 0.717) is 0 Å². The quantitative estimate of drug-likeness (QED) is 0.0759. The predicted octanol–water partition coefficient (Wildman–Crippen LogP) is 9.63. The molecule has 209 valence electrons. The van der Waals surface area contributed by atoms with Gasteiger partial charge in [0.2, 0.25) is 0 Å². The Bertz CT molecular complexity index is 1810. The molecule has 0 aliphatic carbocycles. The third-order valence-corrected chi connectivity index (χ3v) is 11.3. The van der Waals surface area contributed by atoms with Gasteiger partial charge in [-0.1, -0.05) is 27.7 Å². The molecule has 0 atom stereocenters. The molecular formula is C34H34IrNO2SSe-. The van der Waals surface area contributed by atoms with Gasteiger partial charge in [0, 0.05) is 38.0 Å². The fourth-order valence-corrected chi connectivity index (χ4v) is 9.21. The standard InChI is InChI=1S/C21H10NSSe.C13H24O2.Ir/c1-2-6-13-12(5-1)11-22-20-14-7-3-8-15-18(14)19-16(23-15)9-4-10-17(19)24-21(13)20;1-5-10(6-2)12(14)9-13(15)11(7-3)8-4;/h1-6,8-11H;9-11,14H,5-8H2,1-4H3;/q-1;;/b;12-9-;. The predicted molar refractivity (Wildman–Crippen MR) is 169 cm³/mol. The van der Waals surface area contributed by atoms with Crippen LogP contribution in [0.1, 0.15) is 53.4 Å². The summed E-state index contributed by atoms with van der Waals surface area (Å²) in [6.07, 6.45) is 6.92. The number of fused-ring (bicyclic) bond motifs is 4. The number of benzene rings is 3. The first-order valence-corrected chi connectivity index (χ1v) is 16.4. The number of hydrogen-bond acceptors (Lipinski definition) is 4. The van der Waals surface area contributed by atoms with E-state index in [9.17, 15) is 9.90 Å². The van der Waals surface area contributed by atoms with Crippen molar-refractivity contribution in [2.75, 3.05) is 0 Å². The molecule has 6 rings (SSSR count). The minimum atomic E-state index is 0. The van der Waals surface area contributed by atoms with Gasteiger partial charge in [0.15, 0.2) is 5.78 Å². The van der Waals surface area contributed by atoms with Crippen LogP contribution < -0.4 is 0 Å². The van der Waals surface area contributed by atoms with E-state index in [4.69, 9.17) is 4.98 Å². The van der Waals surface area contributed by atoms with Crippen LogP contribution in [-0.2, 0) is 24.9 Å². The molecule has 0 amide bonds. The maximum absolute atomic E-state index is 11.7. The molecule has 0 aliphatic rings. The topological polar surface area (TPSA) is 50.2 Å². The van der Waals surface area contributed by atoms with Crippen LogP contribution in [-0.4, -0.2) is 30.4 Å². The number of aliphatic hydroxyl groups excluding tert-OH is 1. The molecule has 0 unspecified atom stereocenters. The van der Waals surface area contributed by atoms with Crippen molar-refractivity contribution in [2.24, 2.45) is 11.8 Å². The van der Waals surface area contributed by atoms with Crippen LogP contribution in [0.5, 0.6) is 0 Å². The Morgan fingerprint density at radius 3 is 2.38 bits per heavy atom. The molecule has 3 heterocycles. The summed E-state index contributed by atoms with van der Waals surface area (Å²) in [5, 5.41) is 16.3. The van der Waals surface area contributed by atoms with Crippen molar-refractivity contribution in [1.29, 1.82) is 0 Å². The van der Waals surface area contributed by atoms with E-state index >= 15 is 0 Å². The summed E-state index contributed by atoms with van der Waals surface area (Å²) < 4.78 is 5.56. The van der Waals surface area contributed by atoms with Crippen molar-refractivity contribution in [3.63, 3.8) is 0 Å². The fraction of sp³-hybridized carbons (Fsp3) is 0.294. The van der Waals surface area contributed by atoms with E-state index in [1.165, 1.54) is 50.9 Å². The number of rotatable bonds is 7. The molecule has 6 aromatic rings. The van der Waals surface area contributed by atoms with Crippen LogP contribution in [0.4, 0.5) is 0 Å². The van der Waals surface area contributed by atoms with Crippen molar-refractivity contribution in [2.45, 2.75) is 53.4 Å². The minimum absolute atomic E-state index is 0. The Morgan fingerprint density at radius 2 is 1.65 bits per heavy atom. The number of carbonyl (C=O) groups is 1. The molecule has 3 aromatic carbocycles. The molecule has 0 aliphatic heterocycles. The number of pyridine rings is 1. The summed E-state index contributed by atoms with van der Waals surface area (Å²) in [7, 11) is 0. The Balaban J connectivity index is 0.000000204. The van der Waals surface area contributed by atoms with Gasteiger partial charge in [0.25, 0.3) is 0 Å². The molecule has 1 radical (unpaired) electrons. The second-order valence-electron chi connectivity index (χ2n) is 9.95. The number of aromatic nitrogens is 1. The molecular weight excluding hydrogens is 758 g/mol. The van der Waals surface area contributed by atoms with Gasteiger partial charge in [-0.2, -0.15) is 0 Å². The number of allylic oxidation sites excluding steroid dienone is 2. The number of ketones is 1. The van der Waals surface area contributed by atoms with Crippen LogP contribution in [0.15, 0.2) is 72.6 Å². The van der Waals surface area contributed by atoms with E-state index in [-0.39, 0.29) is 58.0 Å². The van der Waals surface area contributed by atoms with Gasteiger partial charge in [-0.05, 0) is 25.7 Å². The number of nitrogens with zero attached hydrogens (tertiary/aromatic N) is 1. The Hall–Kier alpha value is -2.33. The van der Waals surface area contributed by atoms with Crippen LogP contribution in [0, 0.1) is 17.9 Å². The molecule has 40 heavy (non-hydrogen) atoms. The summed E-state index contributed by atoms with van der Waals surface area (Å²) in [6.45, 7) is 8.07. The molecule has 0 fully saturated rings. The van der Waals surface area contributed by atoms with Gasteiger partial charge in [0.1, 0.15) is 0 Å². The number of carbonyl (C=O) groups excluding carboxylic acids is 1. The summed E-state index contributed by atoms with van der Waals surface area (Å²) in [5.41, 5.74) is 1.12. The first-order valence-electron chi connectivity index (χ1n) is 13.9. The van der Waals surface area contributed by atoms with Gasteiger partial charge in [-0.25, -0.2) is 0 Å². The molecule has 3 nitrogen and oxygen atoms in total. The van der Waals surface area contributed by atoms with Crippen molar-refractivity contribution in [1.82, 2.24) is 4.98 Å². The van der Waals surface area contributed by atoms with Gasteiger partial charge in [-0.15, -0.1) is 0 Å². The number of thiophene rings is 1. The third-order valence-electron chi connectivity index (χ3n) is 7.70. The molecule has 1 N–H and O–H groups in total. The van der Waals surface area contributed by atoms with Crippen LogP contribution in [0.3, 0.4) is 0 Å². The van der Waals surface area contributed by atoms with Gasteiger partial charge < -0.3 is 5.11 Å². The second-order valence-corrected chi connectivity index (χ2v) is 13.2. The first-order chi connectivity index (χ1) is 19.0. The van der Waals surface area contributed by atoms with Crippen LogP contribution >= 0.6 is 11.3 Å². The van der Waals surface area contributed by atoms with E-state index in [1.807, 2.05) is 51.3 Å². The zero-order valence-electron chi connectivity index (χ0n) is 23.3. The summed E-state index contributed by atoms with van der Waals surface area (Å²) in [5.74, 6) is 0.547. The summed E-state index contributed by atoms with van der Waals surface area (Å²) in [6, 6.07) is 23.1. The van der Waals surface area contributed by atoms with E-state index < -0.39 is 0 Å². The van der Waals surface area contributed by atoms with Crippen LogP contribution in [0.2, 0.25) is 0 Å².